The number of benzene rings is 2. The van der Waals surface area contributed by atoms with Crippen molar-refractivity contribution in [3.63, 3.8) is 0 Å². The van der Waals surface area contributed by atoms with Crippen LogP contribution in [0.5, 0.6) is 0 Å². The highest BCUT2D eigenvalue weighted by molar-refractivity contribution is 6.15. The van der Waals surface area contributed by atoms with Gasteiger partial charge in [-0.05, 0) is 13.3 Å². The Kier molecular flexibility index (Phi) is 8.30. The monoisotopic (exact) mass is 355 g/mol. The molecule has 0 saturated heterocycles. The number of allylic oxidation sites excluding steroid dienone is 3. The van der Waals surface area contributed by atoms with Crippen molar-refractivity contribution in [2.75, 3.05) is 7.05 Å². The van der Waals surface area contributed by atoms with Crippen molar-refractivity contribution in [2.24, 2.45) is 9.98 Å². The van der Waals surface area contributed by atoms with Gasteiger partial charge in [-0.25, -0.2) is 0 Å². The summed E-state index contributed by atoms with van der Waals surface area (Å²) in [4.78, 5) is 9.29. The predicted molar refractivity (Wildman–Crippen MR) is 118 cm³/mol. The number of rotatable bonds is 7. The first-order valence-electron chi connectivity index (χ1n) is 9.11. The van der Waals surface area contributed by atoms with Gasteiger partial charge in [0.25, 0.3) is 0 Å². The Hall–Kier alpha value is -2.88. The molecule has 0 bridgehead atoms. The Morgan fingerprint density at radius 3 is 2.11 bits per heavy atom. The molecule has 0 heterocycles. The summed E-state index contributed by atoms with van der Waals surface area (Å²) < 4.78 is 0. The lowest BCUT2D eigenvalue weighted by Gasteiger charge is -2.19. The standard InChI is InChI=1S/C23H26BN3/c1-4-5-8-17-21(24)18(2)26-23(20-15-11-7-12-16-20)27-22(25-3)19-13-9-6-10-14-19/h4-16,18,21H,1,17H2,2-3H3,(H,25,26,27)/b8-5-/t18?,21-/m0/s1. The molecule has 0 aliphatic carbocycles. The van der Waals surface area contributed by atoms with Gasteiger partial charge in [0.15, 0.2) is 0 Å². The first-order chi connectivity index (χ1) is 13.2. The molecule has 0 aromatic heterocycles. The summed E-state index contributed by atoms with van der Waals surface area (Å²) in [6.45, 7) is 5.71. The first-order valence-corrected chi connectivity index (χ1v) is 9.11. The minimum Gasteiger partial charge on any atom is -0.325 e. The smallest absolute Gasteiger partial charge is 0.134 e. The van der Waals surface area contributed by atoms with E-state index in [9.17, 15) is 0 Å². The van der Waals surface area contributed by atoms with Crippen molar-refractivity contribution in [1.29, 1.82) is 0 Å². The molecule has 136 valence electrons. The summed E-state index contributed by atoms with van der Waals surface area (Å²) in [5.74, 6) is 1.45. The number of nitrogens with one attached hydrogen (secondary N) is 1. The van der Waals surface area contributed by atoms with E-state index in [1.165, 1.54) is 0 Å². The van der Waals surface area contributed by atoms with E-state index < -0.39 is 0 Å². The van der Waals surface area contributed by atoms with Crippen LogP contribution in [0, 0.1) is 0 Å². The average molecular weight is 355 g/mol. The summed E-state index contributed by atoms with van der Waals surface area (Å²) in [7, 11) is 8.08. The number of aliphatic imine (C=N–C) groups is 2. The predicted octanol–water partition coefficient (Wildman–Crippen LogP) is 4.58. The molecule has 2 aromatic rings. The number of amidine groups is 2. The van der Waals surface area contributed by atoms with Crippen molar-refractivity contribution in [3.8, 4) is 0 Å². The molecule has 2 atom stereocenters. The summed E-state index contributed by atoms with van der Waals surface area (Å²) in [5, 5.41) is 3.40. The third kappa shape index (κ3) is 6.41. The second-order valence-electron chi connectivity index (χ2n) is 6.21. The Morgan fingerprint density at radius 2 is 1.59 bits per heavy atom. The van der Waals surface area contributed by atoms with Gasteiger partial charge in [-0.3, -0.25) is 9.98 Å². The van der Waals surface area contributed by atoms with E-state index in [1.54, 1.807) is 13.1 Å². The van der Waals surface area contributed by atoms with E-state index in [0.717, 1.165) is 29.2 Å². The summed E-state index contributed by atoms with van der Waals surface area (Å²) in [5.41, 5.74) is 2.00. The Morgan fingerprint density at radius 1 is 1.04 bits per heavy atom. The molecule has 0 aliphatic heterocycles. The van der Waals surface area contributed by atoms with Crippen LogP contribution in [0.15, 0.2) is 95.5 Å². The average Bonchev–Trinajstić information content (AvgIpc) is 2.72. The van der Waals surface area contributed by atoms with Crippen LogP contribution in [0.4, 0.5) is 0 Å². The van der Waals surface area contributed by atoms with Crippen molar-refractivity contribution in [3.05, 3.63) is 96.6 Å². The van der Waals surface area contributed by atoms with Crippen LogP contribution in [0.1, 0.15) is 24.5 Å². The zero-order valence-corrected chi connectivity index (χ0v) is 16.0. The largest absolute Gasteiger partial charge is 0.325 e. The molecular weight excluding hydrogens is 329 g/mol. The number of hydrogen-bond donors (Lipinski definition) is 1. The molecule has 0 spiro atoms. The number of hydrogen-bond acceptors (Lipinski definition) is 2. The zero-order valence-electron chi connectivity index (χ0n) is 16.0. The molecule has 1 N–H and O–H groups in total. The second-order valence-corrected chi connectivity index (χ2v) is 6.21. The van der Waals surface area contributed by atoms with Gasteiger partial charge < -0.3 is 5.32 Å². The molecule has 2 aromatic carbocycles. The van der Waals surface area contributed by atoms with Gasteiger partial charge in [0.2, 0.25) is 0 Å². The molecule has 0 fully saturated rings. The van der Waals surface area contributed by atoms with Gasteiger partial charge in [0, 0.05) is 24.2 Å². The van der Waals surface area contributed by atoms with E-state index in [0.29, 0.717) is 0 Å². The molecule has 2 radical (unpaired) electrons. The van der Waals surface area contributed by atoms with Crippen molar-refractivity contribution < 1.29 is 0 Å². The Balaban J connectivity index is 2.29. The van der Waals surface area contributed by atoms with Crippen LogP contribution in [0.2, 0.25) is 5.82 Å². The van der Waals surface area contributed by atoms with Gasteiger partial charge >= 0.3 is 0 Å². The van der Waals surface area contributed by atoms with Crippen LogP contribution in [0.3, 0.4) is 0 Å². The second kappa shape index (κ2) is 11.0. The molecule has 1 unspecified atom stereocenters. The maximum atomic E-state index is 6.31. The van der Waals surface area contributed by atoms with Crippen LogP contribution in [-0.4, -0.2) is 32.6 Å². The minimum absolute atomic E-state index is 0.0592. The van der Waals surface area contributed by atoms with Gasteiger partial charge in [-0.2, -0.15) is 0 Å². The van der Waals surface area contributed by atoms with E-state index in [4.69, 9.17) is 12.8 Å². The summed E-state index contributed by atoms with van der Waals surface area (Å²) in [6, 6.07) is 20.0. The van der Waals surface area contributed by atoms with E-state index in [2.05, 4.69) is 16.9 Å². The molecule has 0 amide bonds. The van der Waals surface area contributed by atoms with Crippen LogP contribution in [-0.2, 0) is 0 Å². The summed E-state index contributed by atoms with van der Waals surface area (Å²) in [6.07, 6.45) is 6.42. The van der Waals surface area contributed by atoms with Crippen molar-refractivity contribution in [2.45, 2.75) is 25.2 Å². The van der Waals surface area contributed by atoms with Gasteiger partial charge in [0.1, 0.15) is 11.7 Å². The van der Waals surface area contributed by atoms with E-state index >= 15 is 0 Å². The SMILES string of the molecule is [B][C@@H](C/C=C\C=C)C(C)N=C(NC(=NC)c1ccccc1)c1ccccc1. The van der Waals surface area contributed by atoms with Crippen molar-refractivity contribution in [1.82, 2.24) is 5.32 Å². The Bertz CT molecular complexity index is 795. The molecule has 3 nitrogen and oxygen atoms in total. The highest BCUT2D eigenvalue weighted by atomic mass is 15.1. The van der Waals surface area contributed by atoms with E-state index in [-0.39, 0.29) is 11.9 Å². The molecular formula is C23H26BN3. The Labute approximate surface area is 164 Å². The lowest BCUT2D eigenvalue weighted by atomic mass is 9.79. The van der Waals surface area contributed by atoms with Gasteiger partial charge in [-0.1, -0.05) is 91.3 Å². The zero-order chi connectivity index (χ0) is 19.5. The van der Waals surface area contributed by atoms with Crippen LogP contribution < -0.4 is 5.32 Å². The summed E-state index contributed by atoms with van der Waals surface area (Å²) >= 11 is 0. The molecule has 0 saturated carbocycles. The molecule has 27 heavy (non-hydrogen) atoms. The third-order valence-electron chi connectivity index (χ3n) is 4.19. The fourth-order valence-electron chi connectivity index (χ4n) is 2.57. The molecule has 2 rings (SSSR count). The van der Waals surface area contributed by atoms with Crippen LogP contribution in [0.25, 0.3) is 0 Å². The highest BCUT2D eigenvalue weighted by Crippen LogP contribution is 2.17. The topological polar surface area (TPSA) is 36.8 Å². The quantitative estimate of drug-likeness (QED) is 0.336. The van der Waals surface area contributed by atoms with Crippen LogP contribution >= 0.6 is 0 Å². The fraction of sp³-hybridized carbons (Fsp3) is 0.217. The fourth-order valence-corrected chi connectivity index (χ4v) is 2.57. The number of nitrogens with zero attached hydrogens (tertiary/aromatic N) is 2. The van der Waals surface area contributed by atoms with Gasteiger partial charge in [-0.15, -0.1) is 0 Å². The molecule has 0 aliphatic rings. The maximum absolute atomic E-state index is 6.31. The maximum Gasteiger partial charge on any atom is 0.134 e. The van der Waals surface area contributed by atoms with Crippen molar-refractivity contribution >= 4 is 19.5 Å². The van der Waals surface area contributed by atoms with Gasteiger partial charge in [0.05, 0.1) is 7.85 Å². The highest BCUT2D eigenvalue weighted by Gasteiger charge is 2.14. The van der Waals surface area contributed by atoms with E-state index in [1.807, 2.05) is 79.7 Å². The minimum atomic E-state index is -0.0829. The third-order valence-corrected chi connectivity index (χ3v) is 4.19. The first kappa shape index (κ1) is 20.4. The molecule has 4 heteroatoms. The normalized spacial score (nSPS) is 14.7. The lowest BCUT2D eigenvalue weighted by molar-refractivity contribution is 0.675. The lowest BCUT2D eigenvalue weighted by Crippen LogP contribution is -2.33.